The van der Waals surface area contributed by atoms with Crippen LogP contribution in [0.1, 0.15) is 17.0 Å². The van der Waals surface area contributed by atoms with E-state index in [2.05, 4.69) is 60.8 Å². The number of imidazole rings is 1. The van der Waals surface area contributed by atoms with E-state index in [9.17, 15) is 19.2 Å². The molecule has 89 heavy (non-hydrogen) atoms. The van der Waals surface area contributed by atoms with Crippen LogP contribution in [0.25, 0.3) is 22.4 Å². The van der Waals surface area contributed by atoms with Gasteiger partial charge in [-0.2, -0.15) is 0 Å². The maximum absolute atomic E-state index is 12.9. The Bertz CT molecular complexity index is 3560. The first-order valence-electron chi connectivity index (χ1n) is 29.9. The molecule has 0 aliphatic carbocycles. The zero-order valence-electron chi connectivity index (χ0n) is 50.7. The summed E-state index contributed by atoms with van der Waals surface area (Å²) in [6.45, 7) is 10.6. The Kier molecular flexibility index (Phi) is 21.2. The molecule has 25 heteroatoms. The summed E-state index contributed by atoms with van der Waals surface area (Å²) in [4.78, 5) is 91.4. The smallest absolute Gasteiger partial charge is 0.328 e. The molecule has 12 rings (SSSR count). The lowest BCUT2D eigenvalue weighted by Crippen LogP contribution is -2.59. The topological polar surface area (TPSA) is 293 Å². The van der Waals surface area contributed by atoms with E-state index >= 15 is 0 Å². The van der Waals surface area contributed by atoms with Crippen LogP contribution in [0, 0.1) is 0 Å². The number of benzene rings is 2. The second kappa shape index (κ2) is 30.1. The first-order valence-corrected chi connectivity index (χ1v) is 29.9. The minimum Gasteiger partial charge on any atom is -0.478 e. The number of carboxylic acids is 1. The van der Waals surface area contributed by atoms with Crippen molar-refractivity contribution in [2.75, 3.05) is 145 Å². The Hall–Kier alpha value is -9.24. The van der Waals surface area contributed by atoms with Gasteiger partial charge in [0.25, 0.3) is 0 Å². The van der Waals surface area contributed by atoms with Gasteiger partial charge in [0.05, 0.1) is 62.2 Å². The van der Waals surface area contributed by atoms with Crippen LogP contribution in [-0.2, 0) is 41.5 Å². The number of dihydropyridines is 1. The van der Waals surface area contributed by atoms with E-state index in [-0.39, 0.29) is 54.9 Å². The molecule has 6 aliphatic rings. The van der Waals surface area contributed by atoms with Crippen molar-refractivity contribution in [1.29, 1.82) is 0 Å². The van der Waals surface area contributed by atoms with Gasteiger partial charge in [0.15, 0.2) is 5.82 Å². The molecule has 0 bridgehead atoms. The molecule has 2 aromatic carbocycles. The number of ether oxygens (including phenoxy) is 2. The van der Waals surface area contributed by atoms with E-state index < -0.39 is 5.97 Å². The number of aromatic nitrogens is 5. The minimum absolute atomic E-state index is 0.0292. The van der Waals surface area contributed by atoms with Gasteiger partial charge in [0, 0.05) is 148 Å². The van der Waals surface area contributed by atoms with Crippen molar-refractivity contribution in [3.05, 3.63) is 150 Å². The van der Waals surface area contributed by atoms with Crippen molar-refractivity contribution in [1.82, 2.24) is 50.3 Å². The van der Waals surface area contributed by atoms with Crippen LogP contribution in [0.5, 0.6) is 0 Å². The molecule has 466 valence electrons. The highest BCUT2D eigenvalue weighted by Crippen LogP contribution is 2.30. The Balaban J connectivity index is 0.000000175. The van der Waals surface area contributed by atoms with Gasteiger partial charge in [0.1, 0.15) is 29.4 Å². The fourth-order valence-electron chi connectivity index (χ4n) is 10.6. The number of allylic oxidation sites excluding steroid dienone is 1. The number of rotatable bonds is 19. The third kappa shape index (κ3) is 17.5. The standard InChI is InChI=1S/C32H39N9O3.C26H28N8O2.C6H11NO2/c1-39(2)13-3-4-28(42)36-25-20-41(21-25)26-9-11-33-24(18-26)19-29(43)35-23-7-5-22(6-8-23)31-37-27-10-12-34-32(30(27)38-31)40-14-16-44-17-15-40;27-18-15-34(16-18)21-5-7-28-20(13-21)14-23(35)30-19-3-1-17(2-4-19)25-31-22-6-8-29-26(24(22)32-25)33-9-11-36-12-10-33;1-7(2)5-3-4-6(8)9/h3-12,18,25,30,32H,13-17,19-21H2,1-2H3,(H,35,43)(H,36,42)(H,37,38);1-8,13,18H,9-12,14-16,27H2,(H,30,35)(H,31,32);3-4H,5H2,1-2H3,(H,8,9)/b4-3+;;4-3+. The number of carbonyl (C=O) groups is 4. The Morgan fingerprint density at radius 2 is 1.26 bits per heavy atom. The zero-order valence-corrected chi connectivity index (χ0v) is 50.7. The number of aromatic amines is 1. The number of fused-ring (bicyclic) bond motifs is 2. The number of aliphatic imine (C=N–C) groups is 2. The summed E-state index contributed by atoms with van der Waals surface area (Å²) < 4.78 is 11.0. The molecule has 3 amide bonds. The number of H-pyrrole nitrogens is 1. The van der Waals surface area contributed by atoms with E-state index in [1.54, 1.807) is 30.7 Å². The minimum atomic E-state index is -0.892. The zero-order chi connectivity index (χ0) is 62.2. The molecule has 6 aromatic rings. The summed E-state index contributed by atoms with van der Waals surface area (Å²) >= 11 is 0. The number of nitrogens with one attached hydrogen (secondary N) is 5. The molecule has 25 nitrogen and oxygen atoms in total. The van der Waals surface area contributed by atoms with Crippen molar-refractivity contribution in [3.8, 4) is 11.4 Å². The fraction of sp³-hybridized carbons (Fsp3) is 0.375. The first kappa shape index (κ1) is 62.8. The molecule has 2 atom stereocenters. The van der Waals surface area contributed by atoms with Crippen LogP contribution in [0.4, 0.5) is 28.6 Å². The number of anilines is 5. The highest BCUT2D eigenvalue weighted by Gasteiger charge is 2.37. The highest BCUT2D eigenvalue weighted by molar-refractivity contribution is 6.03. The molecule has 10 heterocycles. The maximum Gasteiger partial charge on any atom is 0.328 e. The fourth-order valence-corrected chi connectivity index (χ4v) is 10.6. The molecule has 8 N–H and O–H groups in total. The Morgan fingerprint density at radius 3 is 1.84 bits per heavy atom. The lowest BCUT2D eigenvalue weighted by Gasteiger charge is -2.41. The van der Waals surface area contributed by atoms with Crippen LogP contribution in [-0.4, -0.2) is 225 Å². The monoisotopic (exact) mass is 1210 g/mol. The number of pyridine rings is 3. The molecular weight excluding hydrogens is 1130 g/mol. The van der Waals surface area contributed by atoms with Crippen molar-refractivity contribution in [3.63, 3.8) is 0 Å². The van der Waals surface area contributed by atoms with Gasteiger partial charge in [0.2, 0.25) is 17.7 Å². The number of nitrogens with two attached hydrogens (primary N) is 1. The van der Waals surface area contributed by atoms with Crippen molar-refractivity contribution in [2.45, 2.75) is 37.1 Å². The summed E-state index contributed by atoms with van der Waals surface area (Å²) in [5.41, 5.74) is 15.5. The summed E-state index contributed by atoms with van der Waals surface area (Å²) in [7, 11) is 7.68. The Morgan fingerprint density at radius 1 is 0.697 bits per heavy atom. The van der Waals surface area contributed by atoms with Crippen LogP contribution < -0.4 is 41.7 Å². The number of amides is 3. The predicted octanol–water partition coefficient (Wildman–Crippen LogP) is 3.40. The molecule has 0 spiro atoms. The number of morpholine rings is 2. The number of likely N-dealkylation sites (N-methyl/N-ethyl adjacent to an activating group) is 2. The second-order valence-corrected chi connectivity index (χ2v) is 22.8. The number of carboxylic acid groups (broad SMARTS) is 1. The average Bonchev–Trinajstić information content (AvgIpc) is 1.92. The summed E-state index contributed by atoms with van der Waals surface area (Å²) in [6.07, 6.45) is 15.6. The number of carbonyl (C=O) groups excluding carboxylic acids is 3. The van der Waals surface area contributed by atoms with Gasteiger partial charge in [-0.05, 0) is 113 Å². The number of aliphatic carboxylic acids is 1. The first-order chi connectivity index (χ1) is 43.2. The average molecular weight is 1210 g/mol. The Labute approximate surface area is 517 Å². The SMILES string of the molecule is CN(C)C/C=C/C(=O)NC1CN(c2ccnc(CC(=O)Nc3ccc(C4=NC5C(=CC=NC5N5CCOCC5)N4)cc3)c2)C1.CN(C)C/C=C/C(=O)O.NC1CN(c2ccnc(CC(=O)Nc3ccc(-c4nc5c(N6CCOCC6)nccc5[nH]4)cc3)c2)C1. The normalized spacial score (nSPS) is 18.5. The lowest BCUT2D eigenvalue weighted by molar-refractivity contribution is -0.131. The number of hydrogen-bond acceptors (Lipinski definition) is 20. The molecule has 0 saturated carbocycles. The molecule has 4 fully saturated rings. The van der Waals surface area contributed by atoms with Crippen LogP contribution in [0.2, 0.25) is 0 Å². The number of nitrogens with zero attached hydrogens (tertiary/aromatic N) is 12. The van der Waals surface area contributed by atoms with Crippen LogP contribution in [0.15, 0.2) is 144 Å². The second-order valence-electron chi connectivity index (χ2n) is 22.8. The molecule has 0 radical (unpaired) electrons. The summed E-state index contributed by atoms with van der Waals surface area (Å²) in [5.74, 6) is 1.21. The maximum atomic E-state index is 12.9. The van der Waals surface area contributed by atoms with Gasteiger partial charge in [-0.1, -0.05) is 12.2 Å². The predicted molar refractivity (Wildman–Crippen MR) is 346 cm³/mol. The van der Waals surface area contributed by atoms with Crippen molar-refractivity contribution in [2.24, 2.45) is 15.7 Å². The lowest BCUT2D eigenvalue weighted by atomic mass is 10.1. The van der Waals surface area contributed by atoms with Gasteiger partial charge in [-0.15, -0.1) is 0 Å². The van der Waals surface area contributed by atoms with Gasteiger partial charge < -0.3 is 71.1 Å². The number of hydrogen-bond donors (Lipinski definition) is 7. The van der Waals surface area contributed by atoms with Crippen molar-refractivity contribution >= 4 is 75.3 Å². The van der Waals surface area contributed by atoms with E-state index in [1.165, 1.54) is 0 Å². The van der Waals surface area contributed by atoms with Gasteiger partial charge >= 0.3 is 5.97 Å². The van der Waals surface area contributed by atoms with E-state index in [0.29, 0.717) is 57.4 Å². The third-order valence-electron chi connectivity index (χ3n) is 15.2. The van der Waals surface area contributed by atoms with Gasteiger partial charge in [-0.3, -0.25) is 39.2 Å². The van der Waals surface area contributed by atoms with Gasteiger partial charge in [-0.25, -0.2) is 14.8 Å². The molecule has 6 aliphatic heterocycles. The number of amidine groups is 1. The third-order valence-corrected chi connectivity index (χ3v) is 15.2. The van der Waals surface area contributed by atoms with Crippen LogP contribution >= 0.6 is 0 Å². The van der Waals surface area contributed by atoms with E-state index in [0.717, 1.165) is 120 Å². The molecule has 4 saturated heterocycles. The highest BCUT2D eigenvalue weighted by atomic mass is 16.5. The van der Waals surface area contributed by atoms with Crippen molar-refractivity contribution < 1.29 is 33.8 Å². The largest absolute Gasteiger partial charge is 0.478 e. The van der Waals surface area contributed by atoms with E-state index in [1.807, 2.05) is 135 Å². The summed E-state index contributed by atoms with van der Waals surface area (Å²) in [6, 6.07) is 25.3. The quantitative estimate of drug-likeness (QED) is 0.0572. The molecule has 4 aromatic heterocycles. The van der Waals surface area contributed by atoms with Crippen LogP contribution in [0.3, 0.4) is 0 Å². The molecular formula is C64H78N18O7. The van der Waals surface area contributed by atoms with E-state index in [4.69, 9.17) is 35.3 Å². The summed E-state index contributed by atoms with van der Waals surface area (Å²) in [5, 5.41) is 20.5. The molecule has 2 unspecified atom stereocenters.